The van der Waals surface area contributed by atoms with Crippen LogP contribution in [0.4, 0.5) is 0 Å². The molecular formula is C10H8BrClN2. The number of allylic oxidation sites excluding steroid dienone is 1. The highest BCUT2D eigenvalue weighted by Crippen LogP contribution is 2.27. The Bertz CT molecular complexity index is 490. The Labute approximate surface area is 95.3 Å². The molecule has 0 aliphatic carbocycles. The maximum atomic E-state index is 5.96. The van der Waals surface area contributed by atoms with Crippen molar-refractivity contribution in [3.63, 3.8) is 0 Å². The summed E-state index contributed by atoms with van der Waals surface area (Å²) in [4.78, 5) is 4.25. The monoisotopic (exact) mass is 270 g/mol. The van der Waals surface area contributed by atoms with Crippen molar-refractivity contribution in [1.29, 1.82) is 0 Å². The van der Waals surface area contributed by atoms with Gasteiger partial charge in [-0.25, -0.2) is 4.98 Å². The maximum absolute atomic E-state index is 5.96. The first-order valence-electron chi connectivity index (χ1n) is 4.13. The number of hydrogen-bond acceptors (Lipinski definition) is 1. The largest absolute Gasteiger partial charge is 0.327 e. The standard InChI is InChI=1S/C10H8BrClN2/c1-2-3-14-6-13-9-5-8(12)7(11)4-10(9)14/h2,4-6H,1,3H2. The normalized spacial score (nSPS) is 10.7. The lowest BCUT2D eigenvalue weighted by Crippen LogP contribution is -1.91. The summed E-state index contributed by atoms with van der Waals surface area (Å²) < 4.78 is 2.90. The minimum atomic E-state index is 0.682. The van der Waals surface area contributed by atoms with Gasteiger partial charge in [0, 0.05) is 11.0 Å². The molecule has 1 aromatic heterocycles. The molecule has 1 heterocycles. The molecule has 2 rings (SSSR count). The lowest BCUT2D eigenvalue weighted by atomic mass is 10.3. The van der Waals surface area contributed by atoms with Gasteiger partial charge >= 0.3 is 0 Å². The van der Waals surface area contributed by atoms with Gasteiger partial charge < -0.3 is 4.57 Å². The van der Waals surface area contributed by atoms with Gasteiger partial charge in [0.2, 0.25) is 0 Å². The van der Waals surface area contributed by atoms with E-state index in [1.54, 1.807) is 6.33 Å². The Kier molecular flexibility index (Phi) is 2.61. The number of nitrogens with zero attached hydrogens (tertiary/aromatic N) is 2. The lowest BCUT2D eigenvalue weighted by molar-refractivity contribution is 0.851. The molecule has 0 saturated carbocycles. The van der Waals surface area contributed by atoms with E-state index < -0.39 is 0 Å². The van der Waals surface area contributed by atoms with E-state index in [9.17, 15) is 0 Å². The van der Waals surface area contributed by atoms with Gasteiger partial charge in [-0.1, -0.05) is 17.7 Å². The quantitative estimate of drug-likeness (QED) is 0.763. The molecule has 0 unspecified atom stereocenters. The Balaban J connectivity index is 2.67. The number of hydrogen-bond donors (Lipinski definition) is 0. The molecule has 4 heteroatoms. The zero-order chi connectivity index (χ0) is 10.1. The van der Waals surface area contributed by atoms with Crippen LogP contribution in [0.25, 0.3) is 11.0 Å². The summed E-state index contributed by atoms with van der Waals surface area (Å²) >= 11 is 9.35. The molecule has 0 fully saturated rings. The molecule has 1 aromatic carbocycles. The van der Waals surface area contributed by atoms with Crippen molar-refractivity contribution in [2.45, 2.75) is 6.54 Å². The molecule has 2 nitrogen and oxygen atoms in total. The van der Waals surface area contributed by atoms with Gasteiger partial charge in [0.05, 0.1) is 22.4 Å². The average Bonchev–Trinajstić information content (AvgIpc) is 2.51. The number of rotatable bonds is 2. The van der Waals surface area contributed by atoms with E-state index in [1.165, 1.54) is 0 Å². The van der Waals surface area contributed by atoms with Crippen LogP contribution in [0.5, 0.6) is 0 Å². The first kappa shape index (κ1) is 9.74. The Morgan fingerprint density at radius 1 is 1.57 bits per heavy atom. The summed E-state index contributed by atoms with van der Waals surface area (Å²) in [7, 11) is 0. The predicted octanol–water partition coefficient (Wildman–Crippen LogP) is 3.64. The van der Waals surface area contributed by atoms with Crippen molar-refractivity contribution < 1.29 is 0 Å². The molecule has 0 spiro atoms. The average molecular weight is 272 g/mol. The van der Waals surface area contributed by atoms with Crippen LogP contribution < -0.4 is 0 Å². The minimum absolute atomic E-state index is 0.682. The predicted molar refractivity (Wildman–Crippen MR) is 62.6 cm³/mol. The fraction of sp³-hybridized carbons (Fsp3) is 0.100. The molecule has 0 amide bonds. The van der Waals surface area contributed by atoms with Crippen molar-refractivity contribution in [3.05, 3.63) is 40.6 Å². The van der Waals surface area contributed by atoms with Crippen LogP contribution in [0.3, 0.4) is 0 Å². The van der Waals surface area contributed by atoms with Crippen LogP contribution in [-0.4, -0.2) is 9.55 Å². The fourth-order valence-corrected chi connectivity index (χ4v) is 1.83. The summed E-state index contributed by atoms with van der Waals surface area (Å²) in [6.07, 6.45) is 3.62. The highest BCUT2D eigenvalue weighted by Gasteiger charge is 2.05. The third kappa shape index (κ3) is 1.57. The highest BCUT2D eigenvalue weighted by molar-refractivity contribution is 9.10. The first-order chi connectivity index (χ1) is 6.72. The summed E-state index contributed by atoms with van der Waals surface area (Å²) in [6, 6.07) is 3.81. The summed E-state index contributed by atoms with van der Waals surface area (Å²) in [5, 5.41) is 0.682. The van der Waals surface area contributed by atoms with Gasteiger partial charge in [-0.2, -0.15) is 0 Å². The van der Waals surface area contributed by atoms with Crippen LogP contribution in [-0.2, 0) is 6.54 Å². The fourth-order valence-electron chi connectivity index (χ4n) is 1.34. The van der Waals surface area contributed by atoms with Crippen LogP contribution in [0.1, 0.15) is 0 Å². The zero-order valence-corrected chi connectivity index (χ0v) is 9.72. The van der Waals surface area contributed by atoms with E-state index in [4.69, 9.17) is 11.6 Å². The number of benzene rings is 1. The SMILES string of the molecule is C=CCn1cnc2cc(Cl)c(Br)cc21. The number of halogens is 2. The number of imidazole rings is 1. The molecule has 0 aliphatic heterocycles. The van der Waals surface area contributed by atoms with Crippen LogP contribution in [0, 0.1) is 0 Å². The van der Waals surface area contributed by atoms with E-state index >= 15 is 0 Å². The van der Waals surface area contributed by atoms with Crippen LogP contribution >= 0.6 is 27.5 Å². The van der Waals surface area contributed by atoms with E-state index in [1.807, 2.05) is 22.8 Å². The third-order valence-electron chi connectivity index (χ3n) is 1.99. The first-order valence-corrected chi connectivity index (χ1v) is 5.30. The molecule has 72 valence electrons. The van der Waals surface area contributed by atoms with Crippen molar-refractivity contribution in [2.75, 3.05) is 0 Å². The van der Waals surface area contributed by atoms with Gasteiger partial charge in [-0.15, -0.1) is 6.58 Å². The molecule has 14 heavy (non-hydrogen) atoms. The van der Waals surface area contributed by atoms with Crippen molar-refractivity contribution >= 4 is 38.6 Å². The Morgan fingerprint density at radius 2 is 2.36 bits per heavy atom. The minimum Gasteiger partial charge on any atom is -0.327 e. The second-order valence-corrected chi connectivity index (χ2v) is 4.20. The lowest BCUT2D eigenvalue weighted by Gasteiger charge is -2.00. The second kappa shape index (κ2) is 3.75. The molecular weight excluding hydrogens is 263 g/mol. The molecule has 0 N–H and O–H groups in total. The van der Waals surface area contributed by atoms with Gasteiger partial charge in [0.25, 0.3) is 0 Å². The molecule has 2 aromatic rings. The maximum Gasteiger partial charge on any atom is 0.0961 e. The van der Waals surface area contributed by atoms with Gasteiger partial charge in [-0.3, -0.25) is 0 Å². The Hall–Kier alpha value is -0.800. The van der Waals surface area contributed by atoms with Crippen LogP contribution in [0.2, 0.25) is 5.02 Å². The van der Waals surface area contributed by atoms with Crippen molar-refractivity contribution in [2.24, 2.45) is 0 Å². The Morgan fingerprint density at radius 3 is 3.07 bits per heavy atom. The van der Waals surface area contributed by atoms with E-state index in [-0.39, 0.29) is 0 Å². The third-order valence-corrected chi connectivity index (χ3v) is 3.19. The van der Waals surface area contributed by atoms with Gasteiger partial charge in [0.15, 0.2) is 0 Å². The summed E-state index contributed by atoms with van der Waals surface area (Å²) in [5.74, 6) is 0. The smallest absolute Gasteiger partial charge is 0.0961 e. The van der Waals surface area contributed by atoms with Gasteiger partial charge in [0.1, 0.15) is 0 Å². The van der Waals surface area contributed by atoms with Gasteiger partial charge in [-0.05, 0) is 28.1 Å². The second-order valence-electron chi connectivity index (χ2n) is 2.94. The topological polar surface area (TPSA) is 17.8 Å². The van der Waals surface area contributed by atoms with E-state index in [0.29, 0.717) is 5.02 Å². The summed E-state index contributed by atoms with van der Waals surface area (Å²) in [5.41, 5.74) is 1.96. The molecule has 0 saturated heterocycles. The van der Waals surface area contributed by atoms with Crippen molar-refractivity contribution in [1.82, 2.24) is 9.55 Å². The van der Waals surface area contributed by atoms with Crippen LogP contribution in [0.15, 0.2) is 35.6 Å². The zero-order valence-electron chi connectivity index (χ0n) is 7.37. The molecule has 0 bridgehead atoms. The summed E-state index contributed by atoms with van der Waals surface area (Å²) in [6.45, 7) is 4.45. The number of aromatic nitrogens is 2. The molecule has 0 atom stereocenters. The van der Waals surface area contributed by atoms with E-state index in [2.05, 4.69) is 27.5 Å². The highest BCUT2D eigenvalue weighted by atomic mass is 79.9. The molecule has 0 aliphatic rings. The molecule has 0 radical (unpaired) electrons. The van der Waals surface area contributed by atoms with Crippen molar-refractivity contribution in [3.8, 4) is 0 Å². The number of fused-ring (bicyclic) bond motifs is 1. The van der Waals surface area contributed by atoms with E-state index in [0.717, 1.165) is 22.1 Å².